The van der Waals surface area contributed by atoms with Crippen LogP contribution in [0.4, 0.5) is 0 Å². The Hall–Kier alpha value is -0.610. The number of hydrogen-bond donors (Lipinski definition) is 1. The van der Waals surface area contributed by atoms with Gasteiger partial charge in [0, 0.05) is 19.6 Å². The number of carbonyl (C=O) groups is 1. The molecule has 16 heavy (non-hydrogen) atoms. The second-order valence-corrected chi connectivity index (χ2v) is 4.93. The lowest BCUT2D eigenvalue weighted by atomic mass is 9.96. The number of rotatable bonds is 2. The number of hydrogen-bond acceptors (Lipinski definition) is 3. The monoisotopic (exact) mass is 226 g/mol. The van der Waals surface area contributed by atoms with Gasteiger partial charge in [-0.15, -0.1) is 0 Å². The van der Waals surface area contributed by atoms with Crippen molar-refractivity contribution in [1.82, 2.24) is 10.2 Å². The van der Waals surface area contributed by atoms with Crippen molar-refractivity contribution in [3.05, 3.63) is 0 Å². The van der Waals surface area contributed by atoms with Crippen LogP contribution in [0, 0.1) is 11.8 Å². The number of carbonyl (C=O) groups excluding carboxylic acids is 1. The SMILES string of the molecule is CCC1CN(C(=O)C2CNCC2C)CCO1. The van der Waals surface area contributed by atoms with E-state index in [-0.39, 0.29) is 12.0 Å². The van der Waals surface area contributed by atoms with E-state index in [1.54, 1.807) is 0 Å². The van der Waals surface area contributed by atoms with E-state index in [4.69, 9.17) is 4.74 Å². The number of amides is 1. The van der Waals surface area contributed by atoms with Crippen LogP contribution in [0.1, 0.15) is 20.3 Å². The predicted octanol–water partition coefficient (Wildman–Crippen LogP) is 0.479. The van der Waals surface area contributed by atoms with Crippen LogP contribution in [0.15, 0.2) is 0 Å². The molecular formula is C12H22N2O2. The molecular weight excluding hydrogens is 204 g/mol. The summed E-state index contributed by atoms with van der Waals surface area (Å²) in [5.74, 6) is 0.963. The molecule has 0 aromatic carbocycles. The molecule has 0 aliphatic carbocycles. The highest BCUT2D eigenvalue weighted by Gasteiger charge is 2.34. The van der Waals surface area contributed by atoms with Gasteiger partial charge < -0.3 is 15.0 Å². The third kappa shape index (κ3) is 2.38. The Balaban J connectivity index is 1.93. The van der Waals surface area contributed by atoms with Gasteiger partial charge in [0.25, 0.3) is 0 Å². The number of nitrogens with zero attached hydrogens (tertiary/aromatic N) is 1. The van der Waals surface area contributed by atoms with Crippen LogP contribution < -0.4 is 5.32 Å². The van der Waals surface area contributed by atoms with Crippen molar-refractivity contribution in [2.24, 2.45) is 11.8 Å². The number of ether oxygens (including phenoxy) is 1. The lowest BCUT2D eigenvalue weighted by Gasteiger charge is -2.34. The molecule has 2 saturated heterocycles. The maximum Gasteiger partial charge on any atom is 0.227 e. The second-order valence-electron chi connectivity index (χ2n) is 4.93. The summed E-state index contributed by atoms with van der Waals surface area (Å²) < 4.78 is 5.59. The Morgan fingerprint density at radius 3 is 2.94 bits per heavy atom. The topological polar surface area (TPSA) is 41.6 Å². The van der Waals surface area contributed by atoms with Gasteiger partial charge in [0.15, 0.2) is 0 Å². The van der Waals surface area contributed by atoms with E-state index < -0.39 is 0 Å². The fourth-order valence-corrected chi connectivity index (χ4v) is 2.54. The Morgan fingerprint density at radius 2 is 2.31 bits per heavy atom. The van der Waals surface area contributed by atoms with Gasteiger partial charge in [-0.1, -0.05) is 13.8 Å². The summed E-state index contributed by atoms with van der Waals surface area (Å²) in [7, 11) is 0. The third-order valence-electron chi connectivity index (χ3n) is 3.74. The van der Waals surface area contributed by atoms with E-state index >= 15 is 0 Å². The molecule has 2 heterocycles. The predicted molar refractivity (Wildman–Crippen MR) is 62.1 cm³/mol. The van der Waals surface area contributed by atoms with Crippen LogP contribution in [0.5, 0.6) is 0 Å². The molecule has 2 rings (SSSR count). The lowest BCUT2D eigenvalue weighted by Crippen LogP contribution is -2.48. The molecule has 3 unspecified atom stereocenters. The van der Waals surface area contributed by atoms with E-state index in [9.17, 15) is 4.79 Å². The zero-order valence-corrected chi connectivity index (χ0v) is 10.2. The molecule has 0 spiro atoms. The number of morpholine rings is 1. The molecule has 2 aliphatic rings. The summed E-state index contributed by atoms with van der Waals surface area (Å²) in [5, 5.41) is 3.29. The van der Waals surface area contributed by atoms with Gasteiger partial charge in [0.05, 0.1) is 18.6 Å². The minimum absolute atomic E-state index is 0.176. The van der Waals surface area contributed by atoms with Gasteiger partial charge in [-0.3, -0.25) is 4.79 Å². The molecule has 1 N–H and O–H groups in total. The first-order valence-corrected chi connectivity index (χ1v) is 6.33. The third-order valence-corrected chi connectivity index (χ3v) is 3.74. The quantitative estimate of drug-likeness (QED) is 0.744. The maximum atomic E-state index is 12.3. The summed E-state index contributed by atoms with van der Waals surface area (Å²) in [4.78, 5) is 14.3. The smallest absolute Gasteiger partial charge is 0.227 e. The molecule has 0 aromatic heterocycles. The van der Waals surface area contributed by atoms with E-state index in [0.29, 0.717) is 18.4 Å². The first-order valence-electron chi connectivity index (χ1n) is 6.33. The van der Waals surface area contributed by atoms with Crippen LogP contribution in [0.25, 0.3) is 0 Å². The molecule has 0 bridgehead atoms. The summed E-state index contributed by atoms with van der Waals surface area (Å²) in [6.45, 7) is 8.31. The van der Waals surface area contributed by atoms with Crippen molar-refractivity contribution in [3.8, 4) is 0 Å². The summed E-state index contributed by atoms with van der Waals surface area (Å²) in [6.07, 6.45) is 1.23. The van der Waals surface area contributed by atoms with E-state index in [2.05, 4.69) is 19.2 Å². The van der Waals surface area contributed by atoms with E-state index in [0.717, 1.165) is 32.6 Å². The minimum atomic E-state index is 0.176. The molecule has 92 valence electrons. The lowest BCUT2D eigenvalue weighted by molar-refractivity contribution is -0.143. The summed E-state index contributed by atoms with van der Waals surface area (Å²) in [6, 6.07) is 0. The highest BCUT2D eigenvalue weighted by molar-refractivity contribution is 5.79. The Kier molecular flexibility index (Phi) is 3.82. The van der Waals surface area contributed by atoms with Crippen LogP contribution >= 0.6 is 0 Å². The molecule has 0 aromatic rings. The second kappa shape index (κ2) is 5.15. The van der Waals surface area contributed by atoms with Crippen LogP contribution in [-0.4, -0.2) is 49.7 Å². The van der Waals surface area contributed by atoms with Gasteiger partial charge in [0.1, 0.15) is 0 Å². The fraction of sp³-hybridized carbons (Fsp3) is 0.917. The number of nitrogens with one attached hydrogen (secondary N) is 1. The molecule has 4 nitrogen and oxygen atoms in total. The molecule has 2 fully saturated rings. The highest BCUT2D eigenvalue weighted by Crippen LogP contribution is 2.20. The molecule has 3 atom stereocenters. The van der Waals surface area contributed by atoms with E-state index in [1.165, 1.54) is 0 Å². The normalized spacial score (nSPS) is 35.4. The average Bonchev–Trinajstić information content (AvgIpc) is 2.74. The average molecular weight is 226 g/mol. The van der Waals surface area contributed by atoms with Crippen LogP contribution in [0.3, 0.4) is 0 Å². The van der Waals surface area contributed by atoms with Crippen LogP contribution in [-0.2, 0) is 9.53 Å². The summed E-state index contributed by atoms with van der Waals surface area (Å²) in [5.41, 5.74) is 0. The van der Waals surface area contributed by atoms with Gasteiger partial charge in [0.2, 0.25) is 5.91 Å². The first kappa shape index (κ1) is 11.9. The van der Waals surface area contributed by atoms with Crippen LogP contribution in [0.2, 0.25) is 0 Å². The van der Waals surface area contributed by atoms with Gasteiger partial charge in [-0.05, 0) is 18.9 Å². The fourth-order valence-electron chi connectivity index (χ4n) is 2.54. The Bertz CT molecular complexity index is 257. The summed E-state index contributed by atoms with van der Waals surface area (Å²) >= 11 is 0. The minimum Gasteiger partial charge on any atom is -0.375 e. The zero-order chi connectivity index (χ0) is 11.5. The van der Waals surface area contributed by atoms with Gasteiger partial charge in [-0.25, -0.2) is 0 Å². The molecule has 1 amide bonds. The zero-order valence-electron chi connectivity index (χ0n) is 10.2. The van der Waals surface area contributed by atoms with Crippen molar-refractivity contribution in [2.75, 3.05) is 32.8 Å². The highest BCUT2D eigenvalue weighted by atomic mass is 16.5. The molecule has 2 aliphatic heterocycles. The van der Waals surface area contributed by atoms with Gasteiger partial charge >= 0.3 is 0 Å². The first-order chi connectivity index (χ1) is 7.72. The molecule has 4 heteroatoms. The van der Waals surface area contributed by atoms with E-state index in [1.807, 2.05) is 4.90 Å². The Morgan fingerprint density at radius 1 is 1.50 bits per heavy atom. The van der Waals surface area contributed by atoms with Crippen molar-refractivity contribution in [1.29, 1.82) is 0 Å². The largest absolute Gasteiger partial charge is 0.375 e. The van der Waals surface area contributed by atoms with Crippen molar-refractivity contribution in [2.45, 2.75) is 26.4 Å². The molecule has 0 saturated carbocycles. The van der Waals surface area contributed by atoms with Crippen molar-refractivity contribution < 1.29 is 9.53 Å². The molecule has 0 radical (unpaired) electrons. The van der Waals surface area contributed by atoms with Gasteiger partial charge in [-0.2, -0.15) is 0 Å². The standard InChI is InChI=1S/C12H22N2O2/c1-3-10-8-14(4-5-16-10)12(15)11-7-13-6-9(11)2/h9-11,13H,3-8H2,1-2H3. The Labute approximate surface area is 97.3 Å². The van der Waals surface area contributed by atoms with Crippen molar-refractivity contribution in [3.63, 3.8) is 0 Å². The van der Waals surface area contributed by atoms with Crippen molar-refractivity contribution >= 4 is 5.91 Å². The maximum absolute atomic E-state index is 12.3.